The number of aromatic amines is 1. The smallest absolute Gasteiger partial charge is 0.153 e. The minimum Gasteiger partial charge on any atom is -0.359 e. The van der Waals surface area contributed by atoms with E-state index in [0.29, 0.717) is 0 Å². The van der Waals surface area contributed by atoms with E-state index in [1.54, 1.807) is 0 Å². The second-order valence-corrected chi connectivity index (χ2v) is 3.04. The molecule has 0 bridgehead atoms. The Kier molecular flexibility index (Phi) is 1.41. The SMILES string of the molecule is c1ccc2c(-c3conn3)[nH]cc2c1. The van der Waals surface area contributed by atoms with Crippen LogP contribution in [0.4, 0.5) is 0 Å². The summed E-state index contributed by atoms with van der Waals surface area (Å²) in [5.41, 5.74) is 1.67. The summed E-state index contributed by atoms with van der Waals surface area (Å²) < 4.78 is 4.71. The average molecular weight is 185 g/mol. The topological polar surface area (TPSA) is 54.7 Å². The molecular formula is C10H7N3O. The fourth-order valence-corrected chi connectivity index (χ4v) is 1.56. The number of fused-ring (bicyclic) bond motifs is 1. The predicted octanol–water partition coefficient (Wildman–Crippen LogP) is 2.22. The third-order valence-electron chi connectivity index (χ3n) is 2.22. The first kappa shape index (κ1) is 7.32. The molecule has 3 rings (SSSR count). The fourth-order valence-electron chi connectivity index (χ4n) is 1.56. The van der Waals surface area contributed by atoms with Crippen LogP contribution < -0.4 is 0 Å². The Morgan fingerprint density at radius 3 is 3.00 bits per heavy atom. The highest BCUT2D eigenvalue weighted by Gasteiger charge is 2.07. The van der Waals surface area contributed by atoms with Crippen LogP contribution in [0.1, 0.15) is 0 Å². The number of aromatic nitrogens is 3. The van der Waals surface area contributed by atoms with Crippen molar-refractivity contribution >= 4 is 10.8 Å². The van der Waals surface area contributed by atoms with E-state index in [2.05, 4.69) is 15.4 Å². The average Bonchev–Trinajstić information content (AvgIpc) is 2.85. The van der Waals surface area contributed by atoms with Crippen LogP contribution in [-0.2, 0) is 0 Å². The van der Waals surface area contributed by atoms with Crippen molar-refractivity contribution in [2.24, 2.45) is 0 Å². The van der Waals surface area contributed by atoms with Gasteiger partial charge in [-0.1, -0.05) is 24.3 Å². The van der Waals surface area contributed by atoms with Crippen LogP contribution in [0.15, 0.2) is 41.2 Å². The maximum Gasteiger partial charge on any atom is 0.153 e. The number of nitrogens with one attached hydrogen (secondary N) is 1. The molecule has 2 heterocycles. The van der Waals surface area contributed by atoms with Gasteiger partial charge in [-0.25, -0.2) is 0 Å². The summed E-state index contributed by atoms with van der Waals surface area (Å²) in [5.74, 6) is 0. The van der Waals surface area contributed by atoms with E-state index in [4.69, 9.17) is 4.52 Å². The number of hydrogen-bond acceptors (Lipinski definition) is 3. The van der Waals surface area contributed by atoms with Crippen LogP contribution in [0.5, 0.6) is 0 Å². The molecule has 1 N–H and O–H groups in total. The molecule has 3 aromatic rings. The predicted molar refractivity (Wildman–Crippen MR) is 51.6 cm³/mol. The lowest BCUT2D eigenvalue weighted by Crippen LogP contribution is -1.77. The molecule has 0 aliphatic rings. The van der Waals surface area contributed by atoms with Crippen molar-refractivity contribution in [3.8, 4) is 11.4 Å². The quantitative estimate of drug-likeness (QED) is 0.632. The second-order valence-electron chi connectivity index (χ2n) is 3.04. The summed E-state index contributed by atoms with van der Waals surface area (Å²) in [6.07, 6.45) is 3.47. The van der Waals surface area contributed by atoms with Crippen LogP contribution in [-0.4, -0.2) is 15.4 Å². The highest BCUT2D eigenvalue weighted by atomic mass is 16.5. The van der Waals surface area contributed by atoms with E-state index in [1.807, 2.05) is 30.5 Å². The second kappa shape index (κ2) is 2.70. The third kappa shape index (κ3) is 0.939. The number of benzene rings is 1. The van der Waals surface area contributed by atoms with Crippen molar-refractivity contribution in [1.29, 1.82) is 0 Å². The first-order valence-electron chi connectivity index (χ1n) is 4.29. The van der Waals surface area contributed by atoms with Gasteiger partial charge in [0.15, 0.2) is 12.0 Å². The van der Waals surface area contributed by atoms with E-state index in [0.717, 1.165) is 22.2 Å². The summed E-state index contributed by atoms with van der Waals surface area (Å²) >= 11 is 0. The van der Waals surface area contributed by atoms with Gasteiger partial charge >= 0.3 is 0 Å². The molecule has 0 saturated heterocycles. The number of hydrogen-bond donors (Lipinski definition) is 1. The molecule has 0 aliphatic heterocycles. The van der Waals surface area contributed by atoms with E-state index < -0.39 is 0 Å². The molecule has 2 aromatic heterocycles. The standard InChI is InChI=1S/C10H7N3O/c1-2-4-8-7(3-1)5-11-10(8)9-6-14-13-12-9/h1-6,11H. The Bertz CT molecular complexity index is 554. The minimum absolute atomic E-state index is 0.728. The molecule has 0 aliphatic carbocycles. The van der Waals surface area contributed by atoms with Crippen molar-refractivity contribution in [1.82, 2.24) is 15.4 Å². The van der Waals surface area contributed by atoms with E-state index in [1.165, 1.54) is 6.26 Å². The maximum atomic E-state index is 4.71. The van der Waals surface area contributed by atoms with Gasteiger partial charge in [-0.05, 0) is 5.39 Å². The van der Waals surface area contributed by atoms with Gasteiger partial charge in [0, 0.05) is 16.9 Å². The van der Waals surface area contributed by atoms with Gasteiger partial charge < -0.3 is 9.51 Å². The van der Waals surface area contributed by atoms with Gasteiger partial charge in [0.2, 0.25) is 0 Å². The van der Waals surface area contributed by atoms with Crippen molar-refractivity contribution in [3.05, 3.63) is 36.7 Å². The summed E-state index contributed by atoms with van der Waals surface area (Å²) in [5, 5.41) is 9.59. The molecule has 0 amide bonds. The Morgan fingerprint density at radius 1 is 1.21 bits per heavy atom. The largest absolute Gasteiger partial charge is 0.359 e. The van der Waals surface area contributed by atoms with Gasteiger partial charge in [-0.3, -0.25) is 0 Å². The van der Waals surface area contributed by atoms with Gasteiger partial charge in [-0.15, -0.1) is 5.10 Å². The molecule has 1 aromatic carbocycles. The summed E-state index contributed by atoms with van der Waals surface area (Å²) in [7, 11) is 0. The molecule has 0 fully saturated rings. The maximum absolute atomic E-state index is 4.71. The monoisotopic (exact) mass is 185 g/mol. The Hall–Kier alpha value is -2.10. The Labute approximate surface area is 79.5 Å². The van der Waals surface area contributed by atoms with Gasteiger partial charge in [0.1, 0.15) is 0 Å². The molecule has 0 spiro atoms. The minimum atomic E-state index is 0.728. The van der Waals surface area contributed by atoms with Gasteiger partial charge in [0.05, 0.1) is 5.69 Å². The summed E-state index contributed by atoms with van der Waals surface area (Å²) in [4.78, 5) is 3.15. The molecule has 68 valence electrons. The molecule has 0 unspecified atom stereocenters. The molecule has 4 nitrogen and oxygen atoms in total. The first-order chi connectivity index (χ1) is 6.95. The molecule has 0 saturated carbocycles. The molecule has 4 heteroatoms. The number of H-pyrrole nitrogens is 1. The zero-order valence-corrected chi connectivity index (χ0v) is 7.27. The molecule has 14 heavy (non-hydrogen) atoms. The summed E-state index contributed by atoms with van der Waals surface area (Å²) in [6.45, 7) is 0. The normalized spacial score (nSPS) is 10.9. The van der Waals surface area contributed by atoms with Crippen LogP contribution in [0, 0.1) is 0 Å². The molecule has 0 atom stereocenters. The highest BCUT2D eigenvalue weighted by molar-refractivity contribution is 5.94. The van der Waals surface area contributed by atoms with Gasteiger partial charge in [-0.2, -0.15) is 0 Å². The van der Waals surface area contributed by atoms with Crippen LogP contribution >= 0.6 is 0 Å². The lowest BCUT2D eigenvalue weighted by atomic mass is 10.1. The highest BCUT2D eigenvalue weighted by Crippen LogP contribution is 2.25. The lowest BCUT2D eigenvalue weighted by molar-refractivity contribution is 0.393. The van der Waals surface area contributed by atoms with E-state index >= 15 is 0 Å². The van der Waals surface area contributed by atoms with Crippen LogP contribution in [0.2, 0.25) is 0 Å². The Morgan fingerprint density at radius 2 is 2.14 bits per heavy atom. The Balaban J connectivity index is 2.33. The van der Waals surface area contributed by atoms with Crippen molar-refractivity contribution in [2.75, 3.05) is 0 Å². The van der Waals surface area contributed by atoms with Crippen molar-refractivity contribution < 1.29 is 4.52 Å². The first-order valence-corrected chi connectivity index (χ1v) is 4.29. The lowest BCUT2D eigenvalue weighted by Gasteiger charge is -1.91. The van der Waals surface area contributed by atoms with Crippen LogP contribution in [0.3, 0.4) is 0 Å². The van der Waals surface area contributed by atoms with Crippen LogP contribution in [0.25, 0.3) is 22.2 Å². The van der Waals surface area contributed by atoms with Crippen molar-refractivity contribution in [2.45, 2.75) is 0 Å². The zero-order chi connectivity index (χ0) is 9.38. The zero-order valence-electron chi connectivity index (χ0n) is 7.27. The van der Waals surface area contributed by atoms with Gasteiger partial charge in [0.25, 0.3) is 0 Å². The van der Waals surface area contributed by atoms with E-state index in [9.17, 15) is 0 Å². The van der Waals surface area contributed by atoms with Crippen molar-refractivity contribution in [3.63, 3.8) is 0 Å². The number of nitrogens with zero attached hydrogens (tertiary/aromatic N) is 2. The van der Waals surface area contributed by atoms with E-state index in [-0.39, 0.29) is 0 Å². The third-order valence-corrected chi connectivity index (χ3v) is 2.22. The molecule has 0 radical (unpaired) electrons. The number of rotatable bonds is 1. The summed E-state index contributed by atoms with van der Waals surface area (Å²) in [6, 6.07) is 8.08. The molecular weight excluding hydrogens is 178 g/mol. The fraction of sp³-hybridized carbons (Fsp3) is 0.